The number of alkyl halides is 10. The molecule has 0 spiro atoms. The average Bonchev–Trinajstić information content (AvgIpc) is 2.35. The molecule has 0 aromatic carbocycles. The summed E-state index contributed by atoms with van der Waals surface area (Å²) in [5.74, 6) is -22.6. The Morgan fingerprint density at radius 1 is 1.00 bits per heavy atom. The van der Waals surface area contributed by atoms with E-state index in [1.807, 2.05) is 0 Å². The molecule has 0 rings (SSSR count). The molecule has 1 N–H and O–H groups in total. The Kier molecular flexibility index (Phi) is 6.09. The lowest BCUT2D eigenvalue weighted by Gasteiger charge is -2.32. The van der Waals surface area contributed by atoms with Crippen molar-refractivity contribution in [3.63, 3.8) is 0 Å². The third-order valence-corrected chi connectivity index (χ3v) is 2.46. The molecule has 0 saturated heterocycles. The highest BCUT2D eigenvalue weighted by Crippen LogP contribution is 2.49. The number of halogens is 10. The van der Waals surface area contributed by atoms with Crippen molar-refractivity contribution in [2.45, 2.75) is 49.4 Å². The maximum Gasteiger partial charge on any atom is 0.417 e. The second kappa shape index (κ2) is 6.46. The quantitative estimate of drug-likeness (QED) is 0.427. The van der Waals surface area contributed by atoms with Crippen molar-refractivity contribution in [3.05, 3.63) is 0 Å². The molecule has 1 atom stereocenters. The molecule has 1 unspecified atom stereocenters. The van der Waals surface area contributed by atoms with E-state index in [-0.39, 0.29) is 0 Å². The zero-order valence-electron chi connectivity index (χ0n) is 10.2. The van der Waals surface area contributed by atoms with Crippen LogP contribution in [0.3, 0.4) is 0 Å². The van der Waals surface area contributed by atoms with E-state index in [0.29, 0.717) is 0 Å². The molecule has 0 aliphatic heterocycles. The Balaban J connectivity index is 5.14. The average molecular weight is 354 g/mol. The summed E-state index contributed by atoms with van der Waals surface area (Å²) in [7, 11) is 0. The molecule has 0 saturated carbocycles. The molecule has 0 radical (unpaired) electrons. The van der Waals surface area contributed by atoms with Gasteiger partial charge in [0.25, 0.3) is 0 Å². The topological polar surface area (TPSA) is 46.5 Å². The van der Waals surface area contributed by atoms with Gasteiger partial charge in [-0.1, -0.05) is 0 Å². The van der Waals surface area contributed by atoms with Crippen LogP contribution in [0.5, 0.6) is 0 Å². The molecular weight excluding hydrogens is 346 g/mol. The lowest BCUT2D eigenvalue weighted by atomic mass is 9.97. The summed E-state index contributed by atoms with van der Waals surface area (Å²) >= 11 is 0. The lowest BCUT2D eigenvalue weighted by Crippen LogP contribution is -2.61. The molecule has 22 heavy (non-hydrogen) atoms. The first kappa shape index (κ1) is 20.7. The lowest BCUT2D eigenvalue weighted by molar-refractivity contribution is -0.336. The summed E-state index contributed by atoms with van der Waals surface area (Å²) in [6.07, 6.45) is -14.0. The van der Waals surface area contributed by atoms with Crippen LogP contribution in [0, 0.1) is 0 Å². The van der Waals surface area contributed by atoms with Crippen molar-refractivity contribution in [2.75, 3.05) is 0 Å². The molecular formula is C9H8F10O3. The van der Waals surface area contributed by atoms with E-state index in [0.717, 1.165) is 0 Å². The first-order valence-electron chi connectivity index (χ1n) is 5.31. The van der Waals surface area contributed by atoms with Gasteiger partial charge in [0.1, 0.15) is 0 Å². The third-order valence-electron chi connectivity index (χ3n) is 2.46. The van der Waals surface area contributed by atoms with Gasteiger partial charge in [0.2, 0.25) is 0 Å². The maximum absolute atomic E-state index is 13.0. The molecule has 0 bridgehead atoms. The molecule has 13 heteroatoms. The highest BCUT2D eigenvalue weighted by atomic mass is 19.4. The summed E-state index contributed by atoms with van der Waals surface area (Å²) in [6.45, 7) is 0. The monoisotopic (exact) mass is 354 g/mol. The van der Waals surface area contributed by atoms with Crippen LogP contribution < -0.4 is 0 Å². The van der Waals surface area contributed by atoms with Crippen LogP contribution in [-0.2, 0) is 9.68 Å². The standard InChI is InChI=1S/C9H8F10O3/c10-4(2-1-3-6(11,12)13)7(14,15)9(18,19)8(16,17)5(20)22-21/h4,21H,1-3H2. The molecule has 0 amide bonds. The van der Waals surface area contributed by atoms with Gasteiger partial charge in [-0.3, -0.25) is 4.89 Å². The zero-order valence-corrected chi connectivity index (χ0v) is 10.2. The molecule has 132 valence electrons. The van der Waals surface area contributed by atoms with Crippen molar-refractivity contribution >= 4 is 5.97 Å². The summed E-state index contributed by atoms with van der Waals surface area (Å²) in [5.41, 5.74) is 0. The number of rotatable bonds is 7. The highest BCUT2D eigenvalue weighted by molar-refractivity contribution is 5.78. The van der Waals surface area contributed by atoms with Crippen molar-refractivity contribution in [3.8, 4) is 0 Å². The number of hydrogen-bond donors (Lipinski definition) is 1. The van der Waals surface area contributed by atoms with Gasteiger partial charge < -0.3 is 0 Å². The van der Waals surface area contributed by atoms with Gasteiger partial charge in [-0.05, 0) is 12.8 Å². The Morgan fingerprint density at radius 3 is 1.82 bits per heavy atom. The second-order valence-corrected chi connectivity index (χ2v) is 4.13. The van der Waals surface area contributed by atoms with Crippen molar-refractivity contribution in [2.24, 2.45) is 0 Å². The molecule has 0 fully saturated rings. The largest absolute Gasteiger partial charge is 0.417 e. The molecule has 0 aromatic heterocycles. The molecule has 0 aliphatic carbocycles. The van der Waals surface area contributed by atoms with Gasteiger partial charge >= 0.3 is 29.9 Å². The van der Waals surface area contributed by atoms with Crippen LogP contribution in [0.4, 0.5) is 43.9 Å². The Hall–Kier alpha value is -1.27. The van der Waals surface area contributed by atoms with Crippen molar-refractivity contribution in [1.82, 2.24) is 0 Å². The van der Waals surface area contributed by atoms with Gasteiger partial charge in [0.05, 0.1) is 0 Å². The van der Waals surface area contributed by atoms with Gasteiger partial charge in [0.15, 0.2) is 6.17 Å². The van der Waals surface area contributed by atoms with E-state index in [1.54, 1.807) is 0 Å². The van der Waals surface area contributed by atoms with Crippen LogP contribution in [-0.4, -0.2) is 41.3 Å². The van der Waals surface area contributed by atoms with Crippen LogP contribution in [0.1, 0.15) is 19.3 Å². The van der Waals surface area contributed by atoms with Gasteiger partial charge in [-0.25, -0.2) is 9.18 Å². The molecule has 3 nitrogen and oxygen atoms in total. The Morgan fingerprint density at radius 2 is 1.45 bits per heavy atom. The third kappa shape index (κ3) is 4.14. The normalized spacial score (nSPS) is 15.6. The minimum absolute atomic E-state index is 1.37. The Bertz CT molecular complexity index is 392. The van der Waals surface area contributed by atoms with Gasteiger partial charge in [-0.15, -0.1) is 0 Å². The van der Waals surface area contributed by atoms with E-state index in [1.165, 1.54) is 0 Å². The first-order chi connectivity index (χ1) is 9.61. The minimum Gasteiger partial charge on any atom is -0.294 e. The molecule has 0 aliphatic rings. The van der Waals surface area contributed by atoms with E-state index >= 15 is 0 Å². The van der Waals surface area contributed by atoms with E-state index in [4.69, 9.17) is 5.26 Å². The zero-order chi connectivity index (χ0) is 18.0. The Labute approximate surface area is 115 Å². The SMILES string of the molecule is O=C(OO)C(F)(F)C(F)(F)C(F)(F)C(F)CCCC(F)(F)F. The van der Waals surface area contributed by atoms with Gasteiger partial charge in [0, 0.05) is 6.42 Å². The highest BCUT2D eigenvalue weighted by Gasteiger charge is 2.78. The number of carbonyl (C=O) groups excluding carboxylic acids is 1. The molecule has 0 aromatic rings. The van der Waals surface area contributed by atoms with Crippen LogP contribution in [0.15, 0.2) is 0 Å². The molecule has 0 heterocycles. The smallest absolute Gasteiger partial charge is 0.294 e. The summed E-state index contributed by atoms with van der Waals surface area (Å²) in [6, 6.07) is 0. The predicted molar refractivity (Wildman–Crippen MR) is 48.4 cm³/mol. The summed E-state index contributed by atoms with van der Waals surface area (Å²) in [5, 5.41) is 7.54. The van der Waals surface area contributed by atoms with Gasteiger partial charge in [-0.2, -0.15) is 44.8 Å². The minimum atomic E-state index is -6.64. The predicted octanol–water partition coefficient (Wildman–Crippen LogP) is 3.98. The van der Waals surface area contributed by atoms with E-state index < -0.39 is 55.3 Å². The van der Waals surface area contributed by atoms with Crippen LogP contribution in [0.25, 0.3) is 0 Å². The van der Waals surface area contributed by atoms with E-state index in [9.17, 15) is 48.7 Å². The van der Waals surface area contributed by atoms with Crippen LogP contribution >= 0.6 is 0 Å². The summed E-state index contributed by atoms with van der Waals surface area (Å²) in [4.78, 5) is 12.4. The second-order valence-electron chi connectivity index (χ2n) is 4.13. The van der Waals surface area contributed by atoms with Crippen molar-refractivity contribution < 1.29 is 58.8 Å². The fraction of sp³-hybridized carbons (Fsp3) is 0.889. The summed E-state index contributed by atoms with van der Waals surface area (Å²) < 4.78 is 126. The number of carbonyl (C=O) groups is 1. The number of hydrogen-bond acceptors (Lipinski definition) is 3. The van der Waals surface area contributed by atoms with Crippen LogP contribution in [0.2, 0.25) is 0 Å². The first-order valence-corrected chi connectivity index (χ1v) is 5.31. The van der Waals surface area contributed by atoms with Crippen molar-refractivity contribution in [1.29, 1.82) is 0 Å². The van der Waals surface area contributed by atoms with E-state index in [2.05, 4.69) is 4.89 Å². The fourth-order valence-electron chi connectivity index (χ4n) is 1.25. The maximum atomic E-state index is 13.0. The fourth-order valence-corrected chi connectivity index (χ4v) is 1.25.